The van der Waals surface area contributed by atoms with Gasteiger partial charge in [0.2, 0.25) is 0 Å². The van der Waals surface area contributed by atoms with E-state index in [1.165, 1.54) is 12.1 Å². The van der Waals surface area contributed by atoms with Crippen molar-refractivity contribution in [3.8, 4) is 11.5 Å². The zero-order chi connectivity index (χ0) is 24.2. The minimum Gasteiger partial charge on any atom is -0.493 e. The van der Waals surface area contributed by atoms with Crippen molar-refractivity contribution in [3.63, 3.8) is 0 Å². The van der Waals surface area contributed by atoms with Gasteiger partial charge in [-0.25, -0.2) is 4.39 Å². The molecule has 0 spiro atoms. The molecule has 0 unspecified atom stereocenters. The third-order valence-corrected chi connectivity index (χ3v) is 6.93. The fourth-order valence-electron chi connectivity index (χ4n) is 3.26. The van der Waals surface area contributed by atoms with Crippen LogP contribution in [0.3, 0.4) is 0 Å². The van der Waals surface area contributed by atoms with Gasteiger partial charge in [-0.15, -0.1) is 0 Å². The van der Waals surface area contributed by atoms with Gasteiger partial charge in [0, 0.05) is 5.02 Å². The number of amides is 2. The van der Waals surface area contributed by atoms with Crippen LogP contribution in [0.15, 0.2) is 65.6 Å². The molecule has 0 N–H and O–H groups in total. The molecule has 34 heavy (non-hydrogen) atoms. The summed E-state index contributed by atoms with van der Waals surface area (Å²) < 4.78 is 25.4. The number of imide groups is 1. The first-order chi connectivity index (χ1) is 16.3. The third-order valence-electron chi connectivity index (χ3n) is 4.97. The molecule has 1 aliphatic heterocycles. The Balaban J connectivity index is 1.52. The standard InChI is InChI=1S/C25H18ClFINO4S/c1-32-21-11-17(10-20(28)23(21)33-14-16-2-6-18(26)7-3-16)12-22-24(30)29(25(31)34-22)13-15-4-8-19(27)9-5-15/h2-12H,13-14H2,1H3/b22-12+. The molecule has 174 valence electrons. The molecule has 0 radical (unpaired) electrons. The number of methoxy groups -OCH3 is 1. The molecule has 5 nitrogen and oxygen atoms in total. The minimum absolute atomic E-state index is 0.0839. The van der Waals surface area contributed by atoms with Gasteiger partial charge in [-0.3, -0.25) is 14.5 Å². The van der Waals surface area contributed by atoms with Crippen LogP contribution in [0, 0.1) is 9.39 Å². The Labute approximate surface area is 219 Å². The Morgan fingerprint density at radius 2 is 1.74 bits per heavy atom. The molecule has 1 aliphatic rings. The van der Waals surface area contributed by atoms with Crippen LogP contribution in [-0.4, -0.2) is 23.2 Å². The van der Waals surface area contributed by atoms with Crippen LogP contribution in [0.2, 0.25) is 5.02 Å². The summed E-state index contributed by atoms with van der Waals surface area (Å²) in [7, 11) is 1.54. The lowest BCUT2D eigenvalue weighted by Crippen LogP contribution is -2.27. The SMILES string of the molecule is COc1cc(/C=C2/SC(=O)N(Cc3ccc(F)cc3)C2=O)cc(I)c1OCc1ccc(Cl)cc1. The van der Waals surface area contributed by atoms with Gasteiger partial charge in [0.25, 0.3) is 11.1 Å². The molecule has 1 fully saturated rings. The number of halogens is 3. The van der Waals surface area contributed by atoms with Crippen LogP contribution >= 0.6 is 46.0 Å². The summed E-state index contributed by atoms with van der Waals surface area (Å²) in [5.74, 6) is 0.329. The molecule has 0 atom stereocenters. The summed E-state index contributed by atoms with van der Waals surface area (Å²) in [4.78, 5) is 26.8. The zero-order valence-corrected chi connectivity index (χ0v) is 21.6. The van der Waals surface area contributed by atoms with Gasteiger partial charge in [-0.2, -0.15) is 0 Å². The zero-order valence-electron chi connectivity index (χ0n) is 17.9. The van der Waals surface area contributed by atoms with Crippen LogP contribution in [0.25, 0.3) is 6.08 Å². The topological polar surface area (TPSA) is 55.8 Å². The summed E-state index contributed by atoms with van der Waals surface area (Å²) in [6, 6.07) is 16.7. The van der Waals surface area contributed by atoms with Gasteiger partial charge >= 0.3 is 0 Å². The normalized spacial score (nSPS) is 14.7. The van der Waals surface area contributed by atoms with Gasteiger partial charge in [0.15, 0.2) is 11.5 Å². The maximum atomic E-state index is 13.1. The second-order valence-electron chi connectivity index (χ2n) is 7.34. The summed E-state index contributed by atoms with van der Waals surface area (Å²) >= 11 is 8.95. The monoisotopic (exact) mass is 609 g/mol. The number of nitrogens with zero attached hydrogens (tertiary/aromatic N) is 1. The number of carbonyl (C=O) groups excluding carboxylic acids is 2. The van der Waals surface area contributed by atoms with E-state index in [0.29, 0.717) is 39.2 Å². The second-order valence-corrected chi connectivity index (χ2v) is 9.94. The van der Waals surface area contributed by atoms with E-state index in [1.807, 2.05) is 18.2 Å². The van der Waals surface area contributed by atoms with Crippen LogP contribution in [0.4, 0.5) is 9.18 Å². The molecule has 1 saturated heterocycles. The van der Waals surface area contributed by atoms with Gasteiger partial charge < -0.3 is 9.47 Å². The molecule has 0 bridgehead atoms. The Morgan fingerprint density at radius 1 is 1.06 bits per heavy atom. The molecule has 4 rings (SSSR count). The first-order valence-electron chi connectivity index (χ1n) is 10.1. The van der Waals surface area contributed by atoms with E-state index < -0.39 is 5.91 Å². The van der Waals surface area contributed by atoms with Gasteiger partial charge in [0.05, 0.1) is 22.1 Å². The highest BCUT2D eigenvalue weighted by atomic mass is 127. The van der Waals surface area contributed by atoms with Gasteiger partial charge in [0.1, 0.15) is 12.4 Å². The lowest BCUT2D eigenvalue weighted by Gasteiger charge is -2.14. The van der Waals surface area contributed by atoms with E-state index in [0.717, 1.165) is 25.8 Å². The maximum absolute atomic E-state index is 13.1. The minimum atomic E-state index is -0.392. The van der Waals surface area contributed by atoms with E-state index in [4.69, 9.17) is 21.1 Å². The maximum Gasteiger partial charge on any atom is 0.293 e. The van der Waals surface area contributed by atoms with Crippen molar-refractivity contribution < 1.29 is 23.5 Å². The third kappa shape index (κ3) is 5.73. The van der Waals surface area contributed by atoms with Crippen molar-refractivity contribution in [2.24, 2.45) is 0 Å². The van der Waals surface area contributed by atoms with E-state index >= 15 is 0 Å². The number of thioether (sulfide) groups is 1. The molecule has 9 heteroatoms. The highest BCUT2D eigenvalue weighted by molar-refractivity contribution is 14.1. The van der Waals surface area contributed by atoms with Crippen LogP contribution in [0.5, 0.6) is 11.5 Å². The Hall–Kier alpha value is -2.56. The predicted molar refractivity (Wildman–Crippen MR) is 139 cm³/mol. The molecule has 0 saturated carbocycles. The molecule has 2 amide bonds. The first-order valence-corrected chi connectivity index (χ1v) is 12.4. The number of ether oxygens (including phenoxy) is 2. The Bertz CT molecular complexity index is 1270. The van der Waals surface area contributed by atoms with Gasteiger partial charge in [-0.05, 0) is 93.5 Å². The average Bonchev–Trinajstić information content (AvgIpc) is 3.07. The number of hydrogen-bond acceptors (Lipinski definition) is 5. The summed E-state index contributed by atoms with van der Waals surface area (Å²) in [5, 5.41) is 0.285. The van der Waals surface area contributed by atoms with E-state index in [9.17, 15) is 14.0 Å². The number of benzene rings is 3. The summed E-state index contributed by atoms with van der Waals surface area (Å²) in [5.41, 5.74) is 2.33. The Morgan fingerprint density at radius 3 is 2.41 bits per heavy atom. The van der Waals surface area contributed by atoms with E-state index in [2.05, 4.69) is 22.6 Å². The molecule has 1 heterocycles. The first kappa shape index (κ1) is 24.6. The molecule has 3 aromatic carbocycles. The number of hydrogen-bond donors (Lipinski definition) is 0. The predicted octanol–water partition coefficient (Wildman–Crippen LogP) is 6.91. The van der Waals surface area contributed by atoms with E-state index in [1.54, 1.807) is 43.5 Å². The number of rotatable bonds is 7. The van der Waals surface area contributed by atoms with Crippen LogP contribution in [-0.2, 0) is 17.9 Å². The van der Waals surface area contributed by atoms with Gasteiger partial charge in [-0.1, -0.05) is 35.9 Å². The van der Waals surface area contributed by atoms with Crippen molar-refractivity contribution >= 4 is 63.2 Å². The van der Waals surface area contributed by atoms with Crippen LogP contribution < -0.4 is 9.47 Å². The Kier molecular flexibility index (Phi) is 7.80. The quantitative estimate of drug-likeness (QED) is 0.215. The summed E-state index contributed by atoms with van der Waals surface area (Å²) in [6.45, 7) is 0.422. The molecule has 3 aromatic rings. The second kappa shape index (κ2) is 10.8. The highest BCUT2D eigenvalue weighted by Crippen LogP contribution is 2.38. The lowest BCUT2D eigenvalue weighted by atomic mass is 10.1. The fourth-order valence-corrected chi connectivity index (χ4v) is 5.00. The molecule has 0 aliphatic carbocycles. The summed E-state index contributed by atoms with van der Waals surface area (Å²) in [6.07, 6.45) is 1.66. The fraction of sp³-hybridized carbons (Fsp3) is 0.120. The van der Waals surface area contributed by atoms with E-state index in [-0.39, 0.29) is 17.6 Å². The largest absolute Gasteiger partial charge is 0.493 e. The van der Waals surface area contributed by atoms with Crippen molar-refractivity contribution in [3.05, 3.63) is 96.7 Å². The number of carbonyl (C=O) groups is 2. The lowest BCUT2D eigenvalue weighted by molar-refractivity contribution is -0.123. The smallest absolute Gasteiger partial charge is 0.293 e. The van der Waals surface area contributed by atoms with Crippen molar-refractivity contribution in [2.75, 3.05) is 7.11 Å². The molecule has 0 aromatic heterocycles. The highest BCUT2D eigenvalue weighted by Gasteiger charge is 2.35. The van der Waals surface area contributed by atoms with Crippen LogP contribution in [0.1, 0.15) is 16.7 Å². The van der Waals surface area contributed by atoms with Crippen molar-refractivity contribution in [2.45, 2.75) is 13.2 Å². The molecular weight excluding hydrogens is 592 g/mol. The average molecular weight is 610 g/mol. The van der Waals surface area contributed by atoms with Crippen molar-refractivity contribution in [1.82, 2.24) is 4.90 Å². The van der Waals surface area contributed by atoms with Crippen molar-refractivity contribution in [1.29, 1.82) is 0 Å². The molecular formula is C25H18ClFINO4S.